The summed E-state index contributed by atoms with van der Waals surface area (Å²) >= 11 is 6.18. The second-order valence-electron chi connectivity index (χ2n) is 9.31. The van der Waals surface area contributed by atoms with E-state index in [0.29, 0.717) is 22.9 Å². The van der Waals surface area contributed by atoms with Crippen molar-refractivity contribution in [3.63, 3.8) is 0 Å². The molecule has 3 N–H and O–H groups in total. The molecule has 1 unspecified atom stereocenters. The maximum Gasteiger partial charge on any atom is 0.312 e. The van der Waals surface area contributed by atoms with E-state index in [1.54, 1.807) is 7.11 Å². The standard InChI is InChI=1S/C26H32ClN3O4/c1-15(2)34-23-14-21-17(12-22(23)33-3)13-24(31)30(25(21)16-4-6-18(27)7-5-16)20-10-8-19(9-11-20)29-26(28)32/h4-7,12,14-15,19-20,25H,8-11,13H2,1-3H3,(H3,28,29,32)/t19-,20-,25?. The molecule has 1 heterocycles. The molecule has 1 aliphatic carbocycles. The lowest BCUT2D eigenvalue weighted by molar-refractivity contribution is -0.136. The van der Waals surface area contributed by atoms with E-state index in [-0.39, 0.29) is 30.1 Å². The third-order valence-electron chi connectivity index (χ3n) is 6.61. The summed E-state index contributed by atoms with van der Waals surface area (Å²) in [5.41, 5.74) is 8.29. The third kappa shape index (κ3) is 5.09. The molecular formula is C26H32ClN3O4. The van der Waals surface area contributed by atoms with E-state index >= 15 is 0 Å². The number of primary amides is 1. The molecule has 2 aliphatic rings. The highest BCUT2D eigenvalue weighted by Crippen LogP contribution is 2.44. The van der Waals surface area contributed by atoms with Gasteiger partial charge in [0.15, 0.2) is 11.5 Å². The molecule has 4 rings (SSSR count). The maximum absolute atomic E-state index is 13.6. The molecule has 2 aromatic carbocycles. The van der Waals surface area contributed by atoms with Crippen molar-refractivity contribution in [2.45, 2.75) is 70.2 Å². The normalized spacial score (nSPS) is 22.3. The molecule has 0 radical (unpaired) electrons. The van der Waals surface area contributed by atoms with Gasteiger partial charge in [-0.25, -0.2) is 4.79 Å². The average molecular weight is 486 g/mol. The van der Waals surface area contributed by atoms with Gasteiger partial charge in [-0.1, -0.05) is 23.7 Å². The lowest BCUT2D eigenvalue weighted by Gasteiger charge is -2.45. The minimum Gasteiger partial charge on any atom is -0.493 e. The summed E-state index contributed by atoms with van der Waals surface area (Å²) in [6.07, 6.45) is 3.43. The fraction of sp³-hybridized carbons (Fsp3) is 0.462. The van der Waals surface area contributed by atoms with Gasteiger partial charge < -0.3 is 25.4 Å². The van der Waals surface area contributed by atoms with Crippen LogP contribution >= 0.6 is 11.6 Å². The van der Waals surface area contributed by atoms with Crippen LogP contribution in [0.4, 0.5) is 4.79 Å². The van der Waals surface area contributed by atoms with Gasteiger partial charge in [0.25, 0.3) is 0 Å². The molecule has 1 aliphatic heterocycles. The zero-order valence-electron chi connectivity index (χ0n) is 19.8. The molecule has 1 fully saturated rings. The topological polar surface area (TPSA) is 93.9 Å². The summed E-state index contributed by atoms with van der Waals surface area (Å²) < 4.78 is 11.6. The van der Waals surface area contributed by atoms with Crippen LogP contribution in [0.2, 0.25) is 5.02 Å². The number of carbonyl (C=O) groups is 2. The third-order valence-corrected chi connectivity index (χ3v) is 6.86. The molecule has 34 heavy (non-hydrogen) atoms. The summed E-state index contributed by atoms with van der Waals surface area (Å²) in [6.45, 7) is 3.95. The van der Waals surface area contributed by atoms with Crippen LogP contribution in [0.1, 0.15) is 62.3 Å². The molecular weight excluding hydrogens is 454 g/mol. The molecule has 0 spiro atoms. The van der Waals surface area contributed by atoms with Gasteiger partial charge in [-0.3, -0.25) is 4.79 Å². The zero-order chi connectivity index (χ0) is 24.4. The number of nitrogens with two attached hydrogens (primary N) is 1. The van der Waals surface area contributed by atoms with Gasteiger partial charge in [-0.05, 0) is 80.5 Å². The first-order valence-electron chi connectivity index (χ1n) is 11.8. The number of carbonyl (C=O) groups excluding carboxylic acids is 2. The van der Waals surface area contributed by atoms with Gasteiger partial charge in [0.2, 0.25) is 5.91 Å². The number of fused-ring (bicyclic) bond motifs is 1. The van der Waals surface area contributed by atoms with Gasteiger partial charge in [-0.15, -0.1) is 0 Å². The number of urea groups is 1. The van der Waals surface area contributed by atoms with E-state index in [1.165, 1.54) is 0 Å². The Morgan fingerprint density at radius 3 is 2.38 bits per heavy atom. The Bertz CT molecular complexity index is 1050. The van der Waals surface area contributed by atoms with E-state index in [0.717, 1.165) is 42.4 Å². The highest BCUT2D eigenvalue weighted by molar-refractivity contribution is 6.30. The van der Waals surface area contributed by atoms with Crippen LogP contribution in [0.3, 0.4) is 0 Å². The van der Waals surface area contributed by atoms with E-state index < -0.39 is 6.03 Å². The van der Waals surface area contributed by atoms with Crippen molar-refractivity contribution < 1.29 is 19.1 Å². The van der Waals surface area contributed by atoms with E-state index in [1.807, 2.05) is 55.1 Å². The molecule has 1 atom stereocenters. The van der Waals surface area contributed by atoms with Crippen molar-refractivity contribution in [3.05, 3.63) is 58.1 Å². The van der Waals surface area contributed by atoms with Gasteiger partial charge in [0.05, 0.1) is 25.7 Å². The SMILES string of the molecule is COc1cc2c(cc1OC(C)C)C(c1ccc(Cl)cc1)N([C@H]1CC[C@H](NC(N)=O)CC1)C(=O)C2. The zero-order valence-corrected chi connectivity index (χ0v) is 20.6. The number of hydrogen-bond acceptors (Lipinski definition) is 4. The van der Waals surface area contributed by atoms with E-state index in [4.69, 9.17) is 26.8 Å². The lowest BCUT2D eigenvalue weighted by Crippen LogP contribution is -2.50. The van der Waals surface area contributed by atoms with E-state index in [2.05, 4.69) is 5.32 Å². The number of nitrogens with zero attached hydrogens (tertiary/aromatic N) is 1. The molecule has 2 aromatic rings. The fourth-order valence-corrected chi connectivity index (χ4v) is 5.30. The van der Waals surface area contributed by atoms with Gasteiger partial charge >= 0.3 is 6.03 Å². The van der Waals surface area contributed by atoms with Crippen LogP contribution < -0.4 is 20.5 Å². The minimum absolute atomic E-state index is 0.0182. The molecule has 0 bridgehead atoms. The van der Waals surface area contributed by atoms with Crippen LogP contribution in [0.5, 0.6) is 11.5 Å². The maximum atomic E-state index is 13.6. The predicted octanol–water partition coefficient (Wildman–Crippen LogP) is 4.59. The Morgan fingerprint density at radius 1 is 1.12 bits per heavy atom. The van der Waals surface area contributed by atoms with Crippen LogP contribution in [-0.2, 0) is 11.2 Å². The van der Waals surface area contributed by atoms with Gasteiger partial charge in [0.1, 0.15) is 0 Å². The van der Waals surface area contributed by atoms with Crippen molar-refractivity contribution in [1.29, 1.82) is 0 Å². The second kappa shape index (κ2) is 10.1. The van der Waals surface area contributed by atoms with Crippen LogP contribution in [0.15, 0.2) is 36.4 Å². The second-order valence-corrected chi connectivity index (χ2v) is 9.75. The Balaban J connectivity index is 1.75. The minimum atomic E-state index is -0.503. The number of benzene rings is 2. The van der Waals surface area contributed by atoms with Crippen molar-refractivity contribution in [2.75, 3.05) is 7.11 Å². The number of halogens is 1. The molecule has 182 valence electrons. The molecule has 0 saturated heterocycles. The predicted molar refractivity (Wildman–Crippen MR) is 131 cm³/mol. The first-order chi connectivity index (χ1) is 16.3. The number of amides is 3. The van der Waals surface area contributed by atoms with Crippen LogP contribution in [0, 0.1) is 0 Å². The summed E-state index contributed by atoms with van der Waals surface area (Å²) in [5, 5.41) is 3.46. The molecule has 7 nitrogen and oxygen atoms in total. The summed E-state index contributed by atoms with van der Waals surface area (Å²) in [7, 11) is 1.61. The van der Waals surface area contributed by atoms with Crippen molar-refractivity contribution in [3.8, 4) is 11.5 Å². The summed E-state index contributed by atoms with van der Waals surface area (Å²) in [4.78, 5) is 26.9. The Kier molecular flexibility index (Phi) is 7.22. The number of methoxy groups -OCH3 is 1. The number of ether oxygens (including phenoxy) is 2. The summed E-state index contributed by atoms with van der Waals surface area (Å²) in [5.74, 6) is 1.37. The molecule has 8 heteroatoms. The number of rotatable bonds is 6. The Hall–Kier alpha value is -2.93. The summed E-state index contributed by atoms with van der Waals surface area (Å²) in [6, 6.07) is 11.0. The highest BCUT2D eigenvalue weighted by Gasteiger charge is 2.40. The lowest BCUT2D eigenvalue weighted by atomic mass is 9.82. The van der Waals surface area contributed by atoms with Crippen LogP contribution in [-0.4, -0.2) is 42.1 Å². The Morgan fingerprint density at radius 2 is 1.79 bits per heavy atom. The van der Waals surface area contributed by atoms with Gasteiger partial charge in [-0.2, -0.15) is 0 Å². The van der Waals surface area contributed by atoms with Crippen molar-refractivity contribution in [1.82, 2.24) is 10.2 Å². The van der Waals surface area contributed by atoms with Crippen LogP contribution in [0.25, 0.3) is 0 Å². The first-order valence-corrected chi connectivity index (χ1v) is 12.1. The molecule has 3 amide bonds. The molecule has 0 aromatic heterocycles. The largest absolute Gasteiger partial charge is 0.493 e. The molecule has 1 saturated carbocycles. The van der Waals surface area contributed by atoms with Gasteiger partial charge in [0, 0.05) is 17.1 Å². The number of hydrogen-bond donors (Lipinski definition) is 2. The highest BCUT2D eigenvalue weighted by atomic mass is 35.5. The number of nitrogens with one attached hydrogen (secondary N) is 1. The monoisotopic (exact) mass is 485 g/mol. The van der Waals surface area contributed by atoms with Crippen molar-refractivity contribution >= 4 is 23.5 Å². The first kappa shape index (κ1) is 24.2. The van der Waals surface area contributed by atoms with Crippen molar-refractivity contribution in [2.24, 2.45) is 5.73 Å². The quantitative estimate of drug-likeness (QED) is 0.625. The fourth-order valence-electron chi connectivity index (χ4n) is 5.18. The average Bonchev–Trinajstić information content (AvgIpc) is 2.79. The van der Waals surface area contributed by atoms with E-state index in [9.17, 15) is 9.59 Å². The smallest absolute Gasteiger partial charge is 0.312 e. The Labute approximate surface area is 205 Å².